The van der Waals surface area contributed by atoms with Gasteiger partial charge in [0.25, 0.3) is 0 Å². The van der Waals surface area contributed by atoms with Gasteiger partial charge in [-0.3, -0.25) is 0 Å². The van der Waals surface area contributed by atoms with Gasteiger partial charge >= 0.3 is 5.97 Å². The van der Waals surface area contributed by atoms with E-state index in [1.807, 2.05) is 0 Å². The summed E-state index contributed by atoms with van der Waals surface area (Å²) in [5.41, 5.74) is 0.559. The third-order valence-electron chi connectivity index (χ3n) is 2.41. The standard InChI is InChI=1S/C14H19BrO3/c1-2-17-14(16)12-6-8-13(9-7-12)18-11-5-3-4-10-15/h6-9H,2-5,10-11H2,1H3. The Morgan fingerprint density at radius 1 is 1.17 bits per heavy atom. The number of halogens is 1. The van der Waals surface area contributed by atoms with Crippen molar-refractivity contribution in [3.8, 4) is 5.75 Å². The predicted octanol–water partition coefficient (Wildman–Crippen LogP) is 3.81. The quantitative estimate of drug-likeness (QED) is 0.416. The maximum absolute atomic E-state index is 11.4. The van der Waals surface area contributed by atoms with Crippen LogP contribution in [0, 0.1) is 0 Å². The number of ether oxygens (including phenoxy) is 2. The second kappa shape index (κ2) is 8.97. The van der Waals surface area contributed by atoms with E-state index in [9.17, 15) is 4.79 Å². The van der Waals surface area contributed by atoms with E-state index >= 15 is 0 Å². The molecule has 3 nitrogen and oxygen atoms in total. The lowest BCUT2D eigenvalue weighted by atomic mass is 10.2. The Labute approximate surface area is 117 Å². The maximum Gasteiger partial charge on any atom is 0.338 e. The molecule has 0 saturated heterocycles. The van der Waals surface area contributed by atoms with Crippen LogP contribution in [-0.4, -0.2) is 24.5 Å². The molecule has 0 bridgehead atoms. The van der Waals surface area contributed by atoms with E-state index in [0.29, 0.717) is 18.8 Å². The molecule has 18 heavy (non-hydrogen) atoms. The van der Waals surface area contributed by atoms with Crippen LogP contribution < -0.4 is 4.74 Å². The number of esters is 1. The van der Waals surface area contributed by atoms with Gasteiger partial charge in [0.15, 0.2) is 0 Å². The van der Waals surface area contributed by atoms with Gasteiger partial charge in [-0.2, -0.15) is 0 Å². The summed E-state index contributed by atoms with van der Waals surface area (Å²) in [6, 6.07) is 7.06. The van der Waals surface area contributed by atoms with Crippen molar-refractivity contribution in [3.63, 3.8) is 0 Å². The third-order valence-corrected chi connectivity index (χ3v) is 2.97. The van der Waals surface area contributed by atoms with Crippen LogP contribution in [0.25, 0.3) is 0 Å². The van der Waals surface area contributed by atoms with E-state index in [-0.39, 0.29) is 5.97 Å². The second-order valence-corrected chi connectivity index (χ2v) is 4.64. The molecule has 1 aromatic carbocycles. The Bertz CT molecular complexity index is 349. The fraction of sp³-hybridized carbons (Fsp3) is 0.500. The van der Waals surface area contributed by atoms with Gasteiger partial charge in [-0.05, 0) is 50.5 Å². The van der Waals surface area contributed by atoms with Crippen LogP contribution in [0.3, 0.4) is 0 Å². The number of carbonyl (C=O) groups excluding carboxylic acids is 1. The second-order valence-electron chi connectivity index (χ2n) is 3.84. The summed E-state index contributed by atoms with van der Waals surface area (Å²) < 4.78 is 10.5. The van der Waals surface area contributed by atoms with Crippen LogP contribution >= 0.6 is 15.9 Å². The van der Waals surface area contributed by atoms with Crippen molar-refractivity contribution in [1.82, 2.24) is 0 Å². The van der Waals surface area contributed by atoms with Crippen LogP contribution in [-0.2, 0) is 4.74 Å². The fourth-order valence-corrected chi connectivity index (χ4v) is 1.86. The van der Waals surface area contributed by atoms with Crippen LogP contribution in [0.5, 0.6) is 5.75 Å². The zero-order valence-corrected chi connectivity index (χ0v) is 12.2. The number of hydrogen-bond donors (Lipinski definition) is 0. The zero-order valence-electron chi connectivity index (χ0n) is 10.7. The molecule has 0 heterocycles. The topological polar surface area (TPSA) is 35.5 Å². The van der Waals surface area contributed by atoms with Crippen LogP contribution in [0.15, 0.2) is 24.3 Å². The average molecular weight is 315 g/mol. The predicted molar refractivity (Wildman–Crippen MR) is 75.5 cm³/mol. The van der Waals surface area contributed by atoms with Crippen molar-refractivity contribution >= 4 is 21.9 Å². The van der Waals surface area contributed by atoms with Gasteiger partial charge in [0.2, 0.25) is 0 Å². The summed E-state index contributed by atoms with van der Waals surface area (Å²) in [6.07, 6.45) is 3.38. The van der Waals surface area contributed by atoms with Crippen LogP contribution in [0.4, 0.5) is 0 Å². The van der Waals surface area contributed by atoms with Crippen molar-refractivity contribution in [3.05, 3.63) is 29.8 Å². The highest BCUT2D eigenvalue weighted by molar-refractivity contribution is 9.09. The van der Waals surface area contributed by atoms with Crippen molar-refractivity contribution in [2.75, 3.05) is 18.5 Å². The molecule has 0 fully saturated rings. The average Bonchev–Trinajstić information content (AvgIpc) is 2.39. The summed E-state index contributed by atoms with van der Waals surface area (Å²) in [7, 11) is 0. The first kappa shape index (κ1) is 15.0. The molecular weight excluding hydrogens is 296 g/mol. The van der Waals surface area contributed by atoms with Crippen molar-refractivity contribution in [2.24, 2.45) is 0 Å². The van der Waals surface area contributed by atoms with Gasteiger partial charge < -0.3 is 9.47 Å². The third kappa shape index (κ3) is 5.54. The molecule has 0 amide bonds. The van der Waals surface area contributed by atoms with E-state index in [4.69, 9.17) is 9.47 Å². The number of alkyl halides is 1. The summed E-state index contributed by atoms with van der Waals surface area (Å²) in [5, 5.41) is 1.04. The Morgan fingerprint density at radius 3 is 2.50 bits per heavy atom. The van der Waals surface area contributed by atoms with Crippen molar-refractivity contribution in [2.45, 2.75) is 26.2 Å². The van der Waals surface area contributed by atoms with Crippen molar-refractivity contribution < 1.29 is 14.3 Å². The molecular formula is C14H19BrO3. The summed E-state index contributed by atoms with van der Waals surface area (Å²) in [4.78, 5) is 11.4. The molecule has 1 rings (SSSR count). The van der Waals surface area contributed by atoms with Crippen LogP contribution in [0.2, 0.25) is 0 Å². The lowest BCUT2D eigenvalue weighted by Gasteiger charge is -2.06. The van der Waals surface area contributed by atoms with E-state index < -0.39 is 0 Å². The molecule has 0 radical (unpaired) electrons. The first-order chi connectivity index (χ1) is 8.77. The van der Waals surface area contributed by atoms with E-state index in [0.717, 1.165) is 23.9 Å². The number of unbranched alkanes of at least 4 members (excludes halogenated alkanes) is 2. The molecule has 0 aliphatic rings. The first-order valence-corrected chi connectivity index (χ1v) is 7.36. The number of hydrogen-bond acceptors (Lipinski definition) is 3. The largest absolute Gasteiger partial charge is 0.494 e. The molecule has 0 atom stereocenters. The lowest BCUT2D eigenvalue weighted by molar-refractivity contribution is 0.0526. The van der Waals surface area contributed by atoms with E-state index in [2.05, 4.69) is 15.9 Å². The number of carbonyl (C=O) groups is 1. The van der Waals surface area contributed by atoms with Gasteiger partial charge in [0.1, 0.15) is 5.75 Å². The highest BCUT2D eigenvalue weighted by atomic mass is 79.9. The number of benzene rings is 1. The van der Waals surface area contributed by atoms with Gasteiger partial charge in [-0.25, -0.2) is 4.79 Å². The monoisotopic (exact) mass is 314 g/mol. The Hall–Kier alpha value is -1.03. The molecule has 0 aliphatic heterocycles. The first-order valence-electron chi connectivity index (χ1n) is 6.24. The molecule has 0 unspecified atom stereocenters. The Morgan fingerprint density at radius 2 is 1.89 bits per heavy atom. The van der Waals surface area contributed by atoms with Crippen molar-refractivity contribution in [1.29, 1.82) is 0 Å². The Balaban J connectivity index is 2.33. The van der Waals surface area contributed by atoms with Gasteiger partial charge in [0, 0.05) is 5.33 Å². The smallest absolute Gasteiger partial charge is 0.338 e. The van der Waals surface area contributed by atoms with E-state index in [1.54, 1.807) is 31.2 Å². The lowest BCUT2D eigenvalue weighted by Crippen LogP contribution is -2.04. The number of rotatable bonds is 8. The molecule has 0 N–H and O–H groups in total. The molecule has 0 aromatic heterocycles. The molecule has 0 saturated carbocycles. The maximum atomic E-state index is 11.4. The fourth-order valence-electron chi connectivity index (χ4n) is 1.47. The highest BCUT2D eigenvalue weighted by Gasteiger charge is 2.05. The normalized spacial score (nSPS) is 10.1. The Kier molecular flexibility index (Phi) is 7.49. The molecule has 0 spiro atoms. The minimum absolute atomic E-state index is 0.290. The molecule has 0 aliphatic carbocycles. The summed E-state index contributed by atoms with van der Waals surface area (Å²) >= 11 is 3.40. The summed E-state index contributed by atoms with van der Waals surface area (Å²) in [5.74, 6) is 0.503. The molecule has 4 heteroatoms. The zero-order chi connectivity index (χ0) is 13.2. The van der Waals surface area contributed by atoms with Gasteiger partial charge in [-0.1, -0.05) is 15.9 Å². The highest BCUT2D eigenvalue weighted by Crippen LogP contribution is 2.13. The minimum Gasteiger partial charge on any atom is -0.494 e. The van der Waals surface area contributed by atoms with E-state index in [1.165, 1.54) is 6.42 Å². The molecule has 1 aromatic rings. The summed E-state index contributed by atoms with van der Waals surface area (Å²) in [6.45, 7) is 2.90. The van der Waals surface area contributed by atoms with Crippen LogP contribution in [0.1, 0.15) is 36.5 Å². The minimum atomic E-state index is -0.290. The van der Waals surface area contributed by atoms with Gasteiger partial charge in [-0.15, -0.1) is 0 Å². The van der Waals surface area contributed by atoms with Gasteiger partial charge in [0.05, 0.1) is 18.8 Å². The SMILES string of the molecule is CCOC(=O)c1ccc(OCCCCCBr)cc1. The molecule has 100 valence electrons.